The molecule has 1 saturated carbocycles. The summed E-state index contributed by atoms with van der Waals surface area (Å²) in [4.78, 5) is 14.1. The smallest absolute Gasteiger partial charge is 0.410 e. The monoisotopic (exact) mass is 326 g/mol. The maximum atomic E-state index is 12.2. The molecule has 1 atom stereocenters. The van der Waals surface area contributed by atoms with Gasteiger partial charge < -0.3 is 19.7 Å². The molecule has 1 unspecified atom stereocenters. The minimum atomic E-state index is -0.414. The number of methoxy groups -OCH3 is 1. The third kappa shape index (κ3) is 6.30. The maximum absolute atomic E-state index is 12.2. The number of carbonyl (C=O) groups is 1. The van der Waals surface area contributed by atoms with Gasteiger partial charge in [0.1, 0.15) is 5.60 Å². The van der Waals surface area contributed by atoms with Crippen LogP contribution in [-0.2, 0) is 9.47 Å². The molecule has 2 fully saturated rings. The zero-order chi connectivity index (χ0) is 16.9. The van der Waals surface area contributed by atoms with Crippen LogP contribution in [0.25, 0.3) is 0 Å². The summed E-state index contributed by atoms with van der Waals surface area (Å²) in [6.07, 6.45) is 7.25. The summed E-state index contributed by atoms with van der Waals surface area (Å²) in [5.74, 6) is 0.538. The highest BCUT2D eigenvalue weighted by Gasteiger charge is 2.28. The van der Waals surface area contributed by atoms with Gasteiger partial charge in [-0.1, -0.05) is 0 Å². The Bertz CT molecular complexity index is 373. The van der Waals surface area contributed by atoms with Crippen molar-refractivity contribution in [2.24, 2.45) is 5.92 Å². The average Bonchev–Trinajstić information content (AvgIpc) is 2.52. The van der Waals surface area contributed by atoms with Crippen LogP contribution in [0.5, 0.6) is 0 Å². The molecule has 0 aromatic heterocycles. The first-order valence-electron chi connectivity index (χ1n) is 9.11. The van der Waals surface area contributed by atoms with Crippen molar-refractivity contribution in [1.82, 2.24) is 10.2 Å². The molecule has 0 radical (unpaired) electrons. The molecule has 2 rings (SSSR count). The minimum Gasteiger partial charge on any atom is -0.444 e. The van der Waals surface area contributed by atoms with Gasteiger partial charge in [-0.2, -0.15) is 0 Å². The Morgan fingerprint density at radius 2 is 1.87 bits per heavy atom. The van der Waals surface area contributed by atoms with Gasteiger partial charge in [0.15, 0.2) is 0 Å². The number of hydrogen-bond donors (Lipinski definition) is 1. The predicted octanol–water partition coefficient (Wildman–Crippen LogP) is 3.18. The van der Waals surface area contributed by atoms with Crippen molar-refractivity contribution in [2.75, 3.05) is 26.7 Å². The van der Waals surface area contributed by atoms with Gasteiger partial charge in [0, 0.05) is 26.2 Å². The van der Waals surface area contributed by atoms with E-state index in [1.807, 2.05) is 32.8 Å². The first-order valence-corrected chi connectivity index (χ1v) is 9.11. The van der Waals surface area contributed by atoms with E-state index in [4.69, 9.17) is 9.47 Å². The van der Waals surface area contributed by atoms with Crippen molar-refractivity contribution >= 4 is 6.09 Å². The Morgan fingerprint density at radius 1 is 1.17 bits per heavy atom. The number of nitrogens with one attached hydrogen (secondary N) is 1. The molecule has 0 aromatic carbocycles. The summed E-state index contributed by atoms with van der Waals surface area (Å²) in [6, 6.07) is 0.610. The molecule has 1 saturated heterocycles. The Balaban J connectivity index is 1.71. The van der Waals surface area contributed by atoms with Gasteiger partial charge in [-0.3, -0.25) is 0 Å². The molecule has 0 spiro atoms. The summed E-state index contributed by atoms with van der Waals surface area (Å²) in [5, 5.41) is 3.71. The second kappa shape index (κ2) is 8.34. The van der Waals surface area contributed by atoms with E-state index in [1.165, 1.54) is 19.3 Å². The number of hydrogen-bond acceptors (Lipinski definition) is 4. The van der Waals surface area contributed by atoms with Gasteiger partial charge in [-0.25, -0.2) is 4.79 Å². The van der Waals surface area contributed by atoms with Gasteiger partial charge in [0.05, 0.1) is 6.10 Å². The second-order valence-electron chi connectivity index (χ2n) is 8.05. The fourth-order valence-electron chi connectivity index (χ4n) is 3.56. The maximum Gasteiger partial charge on any atom is 0.410 e. The van der Waals surface area contributed by atoms with Crippen molar-refractivity contribution in [1.29, 1.82) is 0 Å². The quantitative estimate of drug-likeness (QED) is 0.862. The van der Waals surface area contributed by atoms with Crippen LogP contribution in [0.3, 0.4) is 0 Å². The van der Waals surface area contributed by atoms with E-state index in [0.29, 0.717) is 18.1 Å². The highest BCUT2D eigenvalue weighted by molar-refractivity contribution is 5.68. The Kier molecular flexibility index (Phi) is 6.72. The third-order valence-electron chi connectivity index (χ3n) is 4.87. The van der Waals surface area contributed by atoms with Crippen LogP contribution >= 0.6 is 0 Å². The molecule has 2 aliphatic rings. The molecule has 1 heterocycles. The highest BCUT2D eigenvalue weighted by atomic mass is 16.6. The molecular weight excluding hydrogens is 292 g/mol. The largest absolute Gasteiger partial charge is 0.444 e. The molecule has 1 N–H and O–H groups in total. The molecule has 5 nitrogen and oxygen atoms in total. The highest BCUT2D eigenvalue weighted by Crippen LogP contribution is 2.22. The van der Waals surface area contributed by atoms with Crippen molar-refractivity contribution in [3.63, 3.8) is 0 Å². The van der Waals surface area contributed by atoms with E-state index in [0.717, 1.165) is 38.9 Å². The third-order valence-corrected chi connectivity index (χ3v) is 4.87. The molecule has 23 heavy (non-hydrogen) atoms. The van der Waals surface area contributed by atoms with E-state index in [9.17, 15) is 4.79 Å². The minimum absolute atomic E-state index is 0.164. The van der Waals surface area contributed by atoms with Crippen LogP contribution in [0.1, 0.15) is 59.3 Å². The second-order valence-corrected chi connectivity index (χ2v) is 8.05. The predicted molar refractivity (Wildman–Crippen MR) is 91.6 cm³/mol. The van der Waals surface area contributed by atoms with Crippen LogP contribution in [0.2, 0.25) is 0 Å². The van der Waals surface area contributed by atoms with Crippen molar-refractivity contribution in [3.8, 4) is 0 Å². The number of likely N-dealkylation sites (tertiary alicyclic amines) is 1. The summed E-state index contributed by atoms with van der Waals surface area (Å²) in [7, 11) is 1.81. The Morgan fingerprint density at radius 3 is 2.48 bits per heavy atom. The molecule has 1 aliphatic heterocycles. The Labute approximate surface area is 141 Å². The zero-order valence-corrected chi connectivity index (χ0v) is 15.3. The topological polar surface area (TPSA) is 50.8 Å². The average molecular weight is 326 g/mol. The van der Waals surface area contributed by atoms with E-state index >= 15 is 0 Å². The van der Waals surface area contributed by atoms with Crippen LogP contribution in [-0.4, -0.2) is 55.5 Å². The first kappa shape index (κ1) is 18.5. The number of carbonyl (C=O) groups excluding carboxylic acids is 1. The number of piperidine rings is 1. The van der Waals surface area contributed by atoms with Gasteiger partial charge in [0.2, 0.25) is 0 Å². The fourth-order valence-corrected chi connectivity index (χ4v) is 3.56. The van der Waals surface area contributed by atoms with Gasteiger partial charge in [0.25, 0.3) is 0 Å². The van der Waals surface area contributed by atoms with Crippen LogP contribution in [0.15, 0.2) is 0 Å². The van der Waals surface area contributed by atoms with Crippen molar-refractivity contribution < 1.29 is 14.3 Å². The summed E-state index contributed by atoms with van der Waals surface area (Å²) in [5.41, 5.74) is -0.414. The van der Waals surface area contributed by atoms with Gasteiger partial charge in [-0.15, -0.1) is 0 Å². The standard InChI is InChI=1S/C18H34N2O3/c1-18(2,3)23-17(21)20-11-5-6-14(13-20)12-19-15-7-9-16(22-4)10-8-15/h14-16,19H,5-13H2,1-4H3. The van der Waals surface area contributed by atoms with Gasteiger partial charge >= 0.3 is 6.09 Å². The molecule has 0 bridgehead atoms. The summed E-state index contributed by atoms with van der Waals surface area (Å²) in [6.45, 7) is 8.40. The summed E-state index contributed by atoms with van der Waals surface area (Å²) < 4.78 is 10.9. The fraction of sp³-hybridized carbons (Fsp3) is 0.944. The number of amides is 1. The summed E-state index contributed by atoms with van der Waals surface area (Å²) >= 11 is 0. The lowest BCUT2D eigenvalue weighted by atomic mass is 9.91. The van der Waals surface area contributed by atoms with Crippen LogP contribution in [0.4, 0.5) is 4.79 Å². The number of rotatable bonds is 4. The lowest BCUT2D eigenvalue weighted by Gasteiger charge is -2.35. The number of ether oxygens (including phenoxy) is 2. The zero-order valence-electron chi connectivity index (χ0n) is 15.3. The van der Waals surface area contributed by atoms with Crippen molar-refractivity contribution in [2.45, 2.75) is 77.0 Å². The van der Waals surface area contributed by atoms with E-state index in [-0.39, 0.29) is 6.09 Å². The lowest BCUT2D eigenvalue weighted by molar-refractivity contribution is 0.0162. The normalized spacial score (nSPS) is 29.4. The van der Waals surface area contributed by atoms with Crippen LogP contribution in [0, 0.1) is 5.92 Å². The Hall–Kier alpha value is -0.810. The molecular formula is C18H34N2O3. The molecule has 0 aromatic rings. The SMILES string of the molecule is COC1CCC(NCC2CCCN(C(=O)OC(C)(C)C)C2)CC1. The van der Waals surface area contributed by atoms with E-state index < -0.39 is 5.60 Å². The van der Waals surface area contributed by atoms with E-state index in [2.05, 4.69) is 5.32 Å². The van der Waals surface area contributed by atoms with E-state index in [1.54, 1.807) is 0 Å². The molecule has 5 heteroatoms. The molecule has 1 aliphatic carbocycles. The molecule has 134 valence electrons. The van der Waals surface area contributed by atoms with Gasteiger partial charge in [-0.05, 0) is 71.8 Å². The number of nitrogens with zero attached hydrogens (tertiary/aromatic N) is 1. The first-order chi connectivity index (χ1) is 10.9. The van der Waals surface area contributed by atoms with Crippen molar-refractivity contribution in [3.05, 3.63) is 0 Å². The lowest BCUT2D eigenvalue weighted by Crippen LogP contribution is -2.46. The van der Waals surface area contributed by atoms with Crippen LogP contribution < -0.4 is 5.32 Å². The molecule has 1 amide bonds.